The van der Waals surface area contributed by atoms with Gasteiger partial charge in [-0.1, -0.05) is 31.1 Å². The van der Waals surface area contributed by atoms with Crippen molar-refractivity contribution in [3.63, 3.8) is 0 Å². The van der Waals surface area contributed by atoms with Crippen LogP contribution in [0.5, 0.6) is 0 Å². The van der Waals surface area contributed by atoms with Crippen molar-refractivity contribution in [1.29, 1.82) is 0 Å². The van der Waals surface area contributed by atoms with E-state index < -0.39 is 0 Å². The molecule has 0 saturated carbocycles. The first-order valence-electron chi connectivity index (χ1n) is 5.78. The normalized spacial score (nSPS) is 11.1. The summed E-state index contributed by atoms with van der Waals surface area (Å²) in [6.45, 7) is 4.21. The highest BCUT2D eigenvalue weighted by molar-refractivity contribution is 5.95. The number of methoxy groups -OCH3 is 1. The lowest BCUT2D eigenvalue weighted by Gasteiger charge is -2.08. The number of carbonyl (C=O) groups is 1. The molecule has 1 rings (SSSR count). The van der Waals surface area contributed by atoms with Crippen molar-refractivity contribution in [2.45, 2.75) is 26.7 Å². The molecule has 1 aromatic rings. The Balaban J connectivity index is 2.84. The second-order valence-corrected chi connectivity index (χ2v) is 3.92. The van der Waals surface area contributed by atoms with Gasteiger partial charge in [-0.15, -0.1) is 0 Å². The van der Waals surface area contributed by atoms with E-state index in [1.165, 1.54) is 12.7 Å². The number of esters is 1. The van der Waals surface area contributed by atoms with Gasteiger partial charge in [-0.3, -0.25) is 0 Å². The standard InChI is InChI=1S/C14H19NO2/c1-4-7-11(2)10-15-13-9-6-5-8-12(13)14(16)17-3/h5-6,8-10,15H,4,7H2,1-3H3/b11-10+. The lowest BCUT2D eigenvalue weighted by atomic mass is 10.1. The summed E-state index contributed by atoms with van der Waals surface area (Å²) in [7, 11) is 1.39. The van der Waals surface area contributed by atoms with Crippen LogP contribution in [-0.2, 0) is 4.74 Å². The summed E-state index contributed by atoms with van der Waals surface area (Å²) < 4.78 is 4.73. The molecular weight excluding hydrogens is 214 g/mol. The van der Waals surface area contributed by atoms with Crippen molar-refractivity contribution in [3.05, 3.63) is 41.6 Å². The summed E-state index contributed by atoms with van der Waals surface area (Å²) in [5, 5.41) is 3.15. The van der Waals surface area contributed by atoms with Crippen LogP contribution in [0.1, 0.15) is 37.0 Å². The van der Waals surface area contributed by atoms with Crippen molar-refractivity contribution >= 4 is 11.7 Å². The monoisotopic (exact) mass is 233 g/mol. The highest BCUT2D eigenvalue weighted by Gasteiger charge is 2.09. The maximum Gasteiger partial charge on any atom is 0.339 e. The number of carbonyl (C=O) groups excluding carboxylic acids is 1. The molecule has 0 saturated heterocycles. The first kappa shape index (κ1) is 13.3. The number of benzene rings is 1. The molecule has 3 heteroatoms. The summed E-state index contributed by atoms with van der Waals surface area (Å²) in [5.74, 6) is -0.324. The van der Waals surface area contributed by atoms with E-state index in [1.54, 1.807) is 6.07 Å². The van der Waals surface area contributed by atoms with Crippen LogP contribution in [0.2, 0.25) is 0 Å². The third-order valence-electron chi connectivity index (χ3n) is 2.45. The molecule has 0 unspecified atom stereocenters. The van der Waals surface area contributed by atoms with Crippen LogP contribution in [0.3, 0.4) is 0 Å². The van der Waals surface area contributed by atoms with E-state index in [4.69, 9.17) is 4.74 Å². The fourth-order valence-electron chi connectivity index (χ4n) is 1.56. The number of nitrogens with one attached hydrogen (secondary N) is 1. The van der Waals surface area contributed by atoms with Crippen molar-refractivity contribution in [1.82, 2.24) is 0 Å². The summed E-state index contributed by atoms with van der Waals surface area (Å²) >= 11 is 0. The lowest BCUT2D eigenvalue weighted by Crippen LogP contribution is -2.05. The Kier molecular flexibility index (Phi) is 5.27. The molecule has 0 spiro atoms. The molecule has 0 aromatic heterocycles. The Hall–Kier alpha value is -1.77. The van der Waals surface area contributed by atoms with Crippen molar-refractivity contribution < 1.29 is 9.53 Å². The first-order chi connectivity index (χ1) is 8.19. The molecule has 0 radical (unpaired) electrons. The van der Waals surface area contributed by atoms with Crippen LogP contribution in [-0.4, -0.2) is 13.1 Å². The fraction of sp³-hybridized carbons (Fsp3) is 0.357. The van der Waals surface area contributed by atoms with Gasteiger partial charge in [-0.25, -0.2) is 4.79 Å². The fourth-order valence-corrected chi connectivity index (χ4v) is 1.56. The molecular formula is C14H19NO2. The Bertz CT molecular complexity index is 410. The number of rotatable bonds is 5. The average molecular weight is 233 g/mol. The van der Waals surface area contributed by atoms with Gasteiger partial charge in [0.05, 0.1) is 18.4 Å². The quantitative estimate of drug-likeness (QED) is 0.790. The predicted octanol–water partition coefficient (Wildman–Crippen LogP) is 3.59. The van der Waals surface area contributed by atoms with Crippen molar-refractivity contribution in [2.75, 3.05) is 12.4 Å². The van der Waals surface area contributed by atoms with Crippen LogP contribution >= 0.6 is 0 Å². The molecule has 0 aliphatic heterocycles. The number of para-hydroxylation sites is 1. The van der Waals surface area contributed by atoms with Gasteiger partial charge in [0.25, 0.3) is 0 Å². The van der Waals surface area contributed by atoms with Gasteiger partial charge < -0.3 is 10.1 Å². The zero-order chi connectivity index (χ0) is 12.7. The summed E-state index contributed by atoms with van der Waals surface area (Å²) in [6.07, 6.45) is 4.10. The predicted molar refractivity (Wildman–Crippen MR) is 70.1 cm³/mol. The smallest absolute Gasteiger partial charge is 0.339 e. The van der Waals surface area contributed by atoms with Crippen LogP contribution in [0, 0.1) is 0 Å². The molecule has 0 bridgehead atoms. The number of allylic oxidation sites excluding steroid dienone is 1. The molecule has 1 N–H and O–H groups in total. The number of anilines is 1. The van der Waals surface area contributed by atoms with E-state index in [0.717, 1.165) is 18.5 Å². The second kappa shape index (κ2) is 6.74. The van der Waals surface area contributed by atoms with Crippen LogP contribution in [0.4, 0.5) is 5.69 Å². The van der Waals surface area contributed by atoms with Crippen molar-refractivity contribution in [3.8, 4) is 0 Å². The Labute approximate surface area is 102 Å². The first-order valence-corrected chi connectivity index (χ1v) is 5.78. The molecule has 0 atom stereocenters. The topological polar surface area (TPSA) is 38.3 Å². The van der Waals surface area contributed by atoms with E-state index >= 15 is 0 Å². The molecule has 0 aliphatic carbocycles. The van der Waals surface area contributed by atoms with E-state index in [-0.39, 0.29) is 5.97 Å². The molecule has 3 nitrogen and oxygen atoms in total. The van der Waals surface area contributed by atoms with Gasteiger partial charge in [0.15, 0.2) is 0 Å². The molecule has 1 aromatic carbocycles. The highest BCUT2D eigenvalue weighted by Crippen LogP contribution is 2.16. The highest BCUT2D eigenvalue weighted by atomic mass is 16.5. The SMILES string of the molecule is CCC/C(C)=C/Nc1ccccc1C(=O)OC. The third kappa shape index (κ3) is 3.94. The van der Waals surface area contributed by atoms with Crippen LogP contribution in [0.15, 0.2) is 36.0 Å². The third-order valence-corrected chi connectivity index (χ3v) is 2.45. The van der Waals surface area contributed by atoms with Crippen LogP contribution in [0.25, 0.3) is 0 Å². The molecule has 0 amide bonds. The second-order valence-electron chi connectivity index (χ2n) is 3.92. The molecule has 0 fully saturated rings. The molecule has 0 aliphatic rings. The molecule has 17 heavy (non-hydrogen) atoms. The van der Waals surface area contributed by atoms with E-state index in [0.29, 0.717) is 5.56 Å². The molecule has 0 heterocycles. The van der Waals surface area contributed by atoms with Crippen LogP contribution < -0.4 is 5.32 Å². The Morgan fingerprint density at radius 1 is 1.41 bits per heavy atom. The molecule has 92 valence electrons. The largest absolute Gasteiger partial charge is 0.465 e. The maximum absolute atomic E-state index is 11.5. The lowest BCUT2D eigenvalue weighted by molar-refractivity contribution is 0.0602. The maximum atomic E-state index is 11.5. The zero-order valence-corrected chi connectivity index (χ0v) is 10.6. The summed E-state index contributed by atoms with van der Waals surface area (Å²) in [5.41, 5.74) is 2.58. The van der Waals surface area contributed by atoms with E-state index in [9.17, 15) is 4.79 Å². The van der Waals surface area contributed by atoms with Gasteiger partial charge in [-0.05, 0) is 31.7 Å². The number of ether oxygens (including phenoxy) is 1. The Morgan fingerprint density at radius 2 is 2.12 bits per heavy atom. The van der Waals surface area contributed by atoms with E-state index in [2.05, 4.69) is 19.2 Å². The van der Waals surface area contributed by atoms with Gasteiger partial charge >= 0.3 is 5.97 Å². The van der Waals surface area contributed by atoms with Gasteiger partial charge in [0, 0.05) is 0 Å². The Morgan fingerprint density at radius 3 is 2.76 bits per heavy atom. The summed E-state index contributed by atoms with van der Waals surface area (Å²) in [4.78, 5) is 11.5. The van der Waals surface area contributed by atoms with Gasteiger partial charge in [0.1, 0.15) is 0 Å². The minimum atomic E-state index is -0.324. The van der Waals surface area contributed by atoms with Crippen molar-refractivity contribution in [2.24, 2.45) is 0 Å². The van der Waals surface area contributed by atoms with E-state index in [1.807, 2.05) is 24.4 Å². The minimum absolute atomic E-state index is 0.324. The summed E-state index contributed by atoms with van der Waals surface area (Å²) in [6, 6.07) is 7.32. The van der Waals surface area contributed by atoms with Gasteiger partial charge in [0.2, 0.25) is 0 Å². The minimum Gasteiger partial charge on any atom is -0.465 e. The number of hydrogen-bond acceptors (Lipinski definition) is 3. The zero-order valence-electron chi connectivity index (χ0n) is 10.6. The average Bonchev–Trinajstić information content (AvgIpc) is 2.36. The van der Waals surface area contributed by atoms with Gasteiger partial charge in [-0.2, -0.15) is 0 Å². The number of hydrogen-bond donors (Lipinski definition) is 1.